The highest BCUT2D eigenvalue weighted by Gasteiger charge is 2.82. The summed E-state index contributed by atoms with van der Waals surface area (Å²) in [7, 11) is 0. The minimum absolute atomic E-state index is 0.167. The molecule has 0 spiro atoms. The molecule has 3 nitrogen and oxygen atoms in total. The van der Waals surface area contributed by atoms with Gasteiger partial charge >= 0.3 is 0 Å². The van der Waals surface area contributed by atoms with Crippen LogP contribution in [-0.2, 0) is 10.2 Å². The summed E-state index contributed by atoms with van der Waals surface area (Å²) in [5, 5.41) is 0.858. The van der Waals surface area contributed by atoms with Crippen LogP contribution in [0.2, 0.25) is 0 Å². The van der Waals surface area contributed by atoms with Gasteiger partial charge in [0, 0.05) is 0 Å². The number of thiazole rings is 1. The van der Waals surface area contributed by atoms with Gasteiger partial charge < -0.3 is 5.73 Å². The summed E-state index contributed by atoms with van der Waals surface area (Å²) in [6, 6.07) is 7.97. The minimum Gasteiger partial charge on any atom is -0.369 e. The summed E-state index contributed by atoms with van der Waals surface area (Å²) in [5.41, 5.74) is 5.73. The lowest BCUT2D eigenvalue weighted by Crippen LogP contribution is -2.34. The van der Waals surface area contributed by atoms with Crippen LogP contribution in [0.5, 0.6) is 0 Å². The van der Waals surface area contributed by atoms with Gasteiger partial charge in [-0.15, -0.1) is 11.3 Å². The molecule has 0 saturated heterocycles. The van der Waals surface area contributed by atoms with E-state index in [2.05, 4.69) is 32.7 Å². The predicted molar refractivity (Wildman–Crippen MR) is 78.1 cm³/mol. The molecular formula is C15H18N2OS. The van der Waals surface area contributed by atoms with Gasteiger partial charge in [0.25, 0.3) is 0 Å². The predicted octanol–water partition coefficient (Wildman–Crippen LogP) is 3.09. The summed E-state index contributed by atoms with van der Waals surface area (Å²) in [4.78, 5) is 16.9. The van der Waals surface area contributed by atoms with Crippen LogP contribution < -0.4 is 5.73 Å². The molecule has 1 amide bonds. The third kappa shape index (κ3) is 1.18. The van der Waals surface area contributed by atoms with E-state index in [0.717, 1.165) is 15.2 Å². The van der Waals surface area contributed by atoms with Gasteiger partial charge in [-0.2, -0.15) is 0 Å². The van der Waals surface area contributed by atoms with E-state index in [1.807, 2.05) is 24.3 Å². The van der Waals surface area contributed by atoms with Crippen LogP contribution in [0.15, 0.2) is 24.3 Å². The highest BCUT2D eigenvalue weighted by molar-refractivity contribution is 7.18. The van der Waals surface area contributed by atoms with Gasteiger partial charge in [0.1, 0.15) is 10.4 Å². The monoisotopic (exact) mass is 274 g/mol. The van der Waals surface area contributed by atoms with E-state index in [1.54, 1.807) is 11.3 Å². The number of amides is 1. The molecule has 1 aromatic heterocycles. The SMILES string of the molecule is CC1(C)C(C)(C)C1(C(N)=O)c1nc2ccccc2s1. The fourth-order valence-electron chi connectivity index (χ4n) is 3.60. The van der Waals surface area contributed by atoms with Crippen LogP contribution in [0.3, 0.4) is 0 Å². The third-order valence-electron chi connectivity index (χ3n) is 5.36. The Balaban J connectivity index is 2.27. The number of nitrogens with zero attached hydrogens (tertiary/aromatic N) is 1. The highest BCUT2D eigenvalue weighted by Crippen LogP contribution is 2.78. The highest BCUT2D eigenvalue weighted by atomic mass is 32.1. The van der Waals surface area contributed by atoms with Gasteiger partial charge in [0.05, 0.1) is 10.2 Å². The van der Waals surface area contributed by atoms with Gasteiger partial charge in [-0.1, -0.05) is 39.8 Å². The Morgan fingerprint density at radius 2 is 1.74 bits per heavy atom. The lowest BCUT2D eigenvalue weighted by Gasteiger charge is -2.14. The van der Waals surface area contributed by atoms with Crippen LogP contribution in [0, 0.1) is 10.8 Å². The Kier molecular flexibility index (Phi) is 2.23. The summed E-state index contributed by atoms with van der Waals surface area (Å²) >= 11 is 1.59. The second-order valence-corrected chi connectivity index (χ2v) is 7.38. The van der Waals surface area contributed by atoms with Gasteiger partial charge in [-0.25, -0.2) is 4.98 Å². The lowest BCUT2D eigenvalue weighted by molar-refractivity contribution is -0.121. The Labute approximate surface area is 116 Å². The van der Waals surface area contributed by atoms with Crippen molar-refractivity contribution in [3.8, 4) is 0 Å². The van der Waals surface area contributed by atoms with Gasteiger partial charge in [-0.05, 0) is 23.0 Å². The molecule has 1 aromatic carbocycles. The molecule has 0 unspecified atom stereocenters. The fraction of sp³-hybridized carbons (Fsp3) is 0.467. The maximum absolute atomic E-state index is 12.2. The number of nitrogens with two attached hydrogens (primary N) is 1. The number of carbonyl (C=O) groups excluding carboxylic acids is 1. The number of benzene rings is 1. The summed E-state index contributed by atoms with van der Waals surface area (Å²) in [6.45, 7) is 8.40. The number of hydrogen-bond acceptors (Lipinski definition) is 3. The lowest BCUT2D eigenvalue weighted by atomic mass is 9.94. The fourth-order valence-corrected chi connectivity index (χ4v) is 5.08. The van der Waals surface area contributed by atoms with E-state index in [9.17, 15) is 4.79 Å². The van der Waals surface area contributed by atoms with Crippen molar-refractivity contribution in [2.45, 2.75) is 33.1 Å². The molecular weight excluding hydrogens is 256 g/mol. The van der Waals surface area contributed by atoms with E-state index in [-0.39, 0.29) is 16.7 Å². The molecule has 0 atom stereocenters. The zero-order valence-electron chi connectivity index (χ0n) is 11.7. The number of primary amides is 1. The summed E-state index contributed by atoms with van der Waals surface area (Å²) in [6.07, 6.45) is 0. The molecule has 0 bridgehead atoms. The maximum Gasteiger partial charge on any atom is 0.231 e. The molecule has 2 N–H and O–H groups in total. The van der Waals surface area contributed by atoms with Gasteiger partial charge in [0.2, 0.25) is 5.91 Å². The zero-order chi connectivity index (χ0) is 14.1. The van der Waals surface area contributed by atoms with Crippen LogP contribution >= 0.6 is 11.3 Å². The van der Waals surface area contributed by atoms with Crippen molar-refractivity contribution in [3.63, 3.8) is 0 Å². The first-order valence-electron chi connectivity index (χ1n) is 6.43. The van der Waals surface area contributed by atoms with Crippen molar-refractivity contribution < 1.29 is 4.79 Å². The van der Waals surface area contributed by atoms with Crippen LogP contribution in [0.25, 0.3) is 10.2 Å². The summed E-state index contributed by atoms with van der Waals surface area (Å²) < 4.78 is 1.11. The number of carbonyl (C=O) groups is 1. The first-order valence-corrected chi connectivity index (χ1v) is 7.24. The first-order chi connectivity index (χ1) is 8.76. The normalized spacial score (nSPS) is 22.3. The molecule has 4 heteroatoms. The van der Waals surface area contributed by atoms with E-state index >= 15 is 0 Å². The van der Waals surface area contributed by atoms with Crippen molar-refractivity contribution in [2.24, 2.45) is 16.6 Å². The van der Waals surface area contributed by atoms with Crippen LogP contribution in [0.4, 0.5) is 0 Å². The molecule has 0 radical (unpaired) electrons. The molecule has 1 heterocycles. The smallest absolute Gasteiger partial charge is 0.231 e. The quantitative estimate of drug-likeness (QED) is 0.915. The van der Waals surface area contributed by atoms with Crippen LogP contribution in [-0.4, -0.2) is 10.9 Å². The third-order valence-corrected chi connectivity index (χ3v) is 6.52. The number of rotatable bonds is 2. The molecule has 100 valence electrons. The van der Waals surface area contributed by atoms with Crippen LogP contribution in [0.1, 0.15) is 32.7 Å². The first kappa shape index (κ1) is 12.6. The molecule has 19 heavy (non-hydrogen) atoms. The number of fused-ring (bicyclic) bond motifs is 1. The van der Waals surface area contributed by atoms with E-state index in [0.29, 0.717) is 0 Å². The van der Waals surface area contributed by atoms with Crippen molar-refractivity contribution in [3.05, 3.63) is 29.3 Å². The van der Waals surface area contributed by atoms with Gasteiger partial charge in [-0.3, -0.25) is 4.79 Å². The van der Waals surface area contributed by atoms with Gasteiger partial charge in [0.15, 0.2) is 0 Å². The number of aromatic nitrogens is 1. The van der Waals surface area contributed by atoms with Crippen molar-refractivity contribution in [2.75, 3.05) is 0 Å². The maximum atomic E-state index is 12.2. The molecule has 2 aromatic rings. The summed E-state index contributed by atoms with van der Waals surface area (Å²) in [5.74, 6) is -0.262. The molecule has 1 aliphatic rings. The zero-order valence-corrected chi connectivity index (χ0v) is 12.5. The largest absolute Gasteiger partial charge is 0.369 e. The van der Waals surface area contributed by atoms with Crippen molar-refractivity contribution in [1.29, 1.82) is 0 Å². The Hall–Kier alpha value is -1.42. The second kappa shape index (κ2) is 3.37. The van der Waals surface area contributed by atoms with E-state index < -0.39 is 5.41 Å². The molecule has 0 aliphatic heterocycles. The number of para-hydroxylation sites is 1. The standard InChI is InChI=1S/C15H18N2OS/c1-13(2)14(3,4)15(13,11(16)18)12-17-9-7-5-6-8-10(9)19-12/h5-8H,1-4H3,(H2,16,18). The molecule has 1 aliphatic carbocycles. The van der Waals surface area contributed by atoms with E-state index in [4.69, 9.17) is 5.73 Å². The number of hydrogen-bond donors (Lipinski definition) is 1. The Bertz CT molecular complexity index is 637. The molecule has 3 rings (SSSR count). The average molecular weight is 274 g/mol. The Morgan fingerprint density at radius 3 is 2.21 bits per heavy atom. The van der Waals surface area contributed by atoms with E-state index in [1.165, 1.54) is 0 Å². The Morgan fingerprint density at radius 1 is 1.16 bits per heavy atom. The minimum atomic E-state index is -0.649. The van der Waals surface area contributed by atoms with Crippen molar-refractivity contribution >= 4 is 27.5 Å². The second-order valence-electron chi connectivity index (χ2n) is 6.35. The van der Waals surface area contributed by atoms with Crippen molar-refractivity contribution in [1.82, 2.24) is 4.98 Å². The topological polar surface area (TPSA) is 56.0 Å². The average Bonchev–Trinajstić information content (AvgIpc) is 2.64. The molecule has 1 saturated carbocycles. The molecule has 1 fully saturated rings.